The van der Waals surface area contributed by atoms with Gasteiger partial charge in [0.1, 0.15) is 11.6 Å². The normalized spacial score (nSPS) is 24.8. The molecule has 184 valence electrons. The van der Waals surface area contributed by atoms with E-state index in [1.807, 2.05) is 4.90 Å². The minimum Gasteiger partial charge on any atom is -0.482 e. The van der Waals surface area contributed by atoms with E-state index in [1.165, 1.54) is 6.07 Å². The maximum absolute atomic E-state index is 13.5. The third-order valence-electron chi connectivity index (χ3n) is 5.60. The van der Waals surface area contributed by atoms with Gasteiger partial charge < -0.3 is 25.2 Å². The Kier molecular flexibility index (Phi) is 7.34. The van der Waals surface area contributed by atoms with E-state index in [1.54, 1.807) is 0 Å². The Hall–Kier alpha value is -2.64. The second-order valence-electron chi connectivity index (χ2n) is 8.15. The first-order chi connectivity index (χ1) is 15.4. The maximum atomic E-state index is 13.5. The Morgan fingerprint density at radius 2 is 1.85 bits per heavy atom. The van der Waals surface area contributed by atoms with Crippen LogP contribution < -0.4 is 15.0 Å². The lowest BCUT2D eigenvalue weighted by Crippen LogP contribution is -2.68. The van der Waals surface area contributed by atoms with E-state index in [9.17, 15) is 37.4 Å². The van der Waals surface area contributed by atoms with Crippen LogP contribution in [-0.4, -0.2) is 95.8 Å². The summed E-state index contributed by atoms with van der Waals surface area (Å²) in [5.41, 5.74) is -1.74. The number of amides is 3. The SMILES string of the molecule is C[C@]1(O)C(=O)N(CCCN2CCN(c3ccc(F)cc3OCC(F)(F)F)CC2)C(=O)N[C@@H]1O. The Morgan fingerprint density at radius 3 is 2.48 bits per heavy atom. The van der Waals surface area contributed by atoms with Gasteiger partial charge in [-0.15, -0.1) is 0 Å². The van der Waals surface area contributed by atoms with Crippen molar-refractivity contribution in [1.82, 2.24) is 15.1 Å². The maximum Gasteiger partial charge on any atom is 0.422 e. The molecule has 0 aromatic heterocycles. The van der Waals surface area contributed by atoms with Gasteiger partial charge in [-0.1, -0.05) is 0 Å². The predicted molar refractivity (Wildman–Crippen MR) is 108 cm³/mol. The molecule has 2 aliphatic heterocycles. The van der Waals surface area contributed by atoms with Crippen LogP contribution in [0, 0.1) is 5.82 Å². The molecule has 3 N–H and O–H groups in total. The number of nitrogens with zero attached hydrogens (tertiary/aromatic N) is 3. The van der Waals surface area contributed by atoms with Gasteiger partial charge in [-0.05, 0) is 32.0 Å². The fraction of sp³-hybridized carbons (Fsp3) is 0.600. The number of anilines is 1. The Bertz CT molecular complexity index is 875. The average Bonchev–Trinajstić information content (AvgIpc) is 2.74. The summed E-state index contributed by atoms with van der Waals surface area (Å²) < 4.78 is 55.9. The van der Waals surface area contributed by atoms with Crippen molar-refractivity contribution < 1.29 is 42.1 Å². The van der Waals surface area contributed by atoms with Gasteiger partial charge in [0.2, 0.25) is 0 Å². The molecule has 1 aromatic carbocycles. The number of halogens is 4. The molecule has 13 heteroatoms. The van der Waals surface area contributed by atoms with Crippen LogP contribution in [0.3, 0.4) is 0 Å². The molecule has 2 saturated heterocycles. The fourth-order valence-corrected chi connectivity index (χ4v) is 3.71. The van der Waals surface area contributed by atoms with E-state index in [2.05, 4.69) is 10.2 Å². The summed E-state index contributed by atoms with van der Waals surface area (Å²) in [5.74, 6) is -1.76. The molecule has 2 heterocycles. The lowest BCUT2D eigenvalue weighted by Gasteiger charge is -2.39. The minimum atomic E-state index is -4.54. The smallest absolute Gasteiger partial charge is 0.422 e. The van der Waals surface area contributed by atoms with Crippen molar-refractivity contribution in [3.8, 4) is 5.75 Å². The highest BCUT2D eigenvalue weighted by atomic mass is 19.4. The van der Waals surface area contributed by atoms with Crippen LogP contribution >= 0.6 is 0 Å². The summed E-state index contributed by atoms with van der Waals surface area (Å²) in [6.45, 7) is 2.18. The zero-order chi connectivity index (χ0) is 24.4. The molecule has 33 heavy (non-hydrogen) atoms. The van der Waals surface area contributed by atoms with E-state index < -0.39 is 42.4 Å². The van der Waals surface area contributed by atoms with E-state index in [0.29, 0.717) is 44.8 Å². The van der Waals surface area contributed by atoms with Crippen molar-refractivity contribution in [1.29, 1.82) is 0 Å². The lowest BCUT2D eigenvalue weighted by atomic mass is 10.0. The number of rotatable bonds is 7. The average molecular weight is 478 g/mol. The van der Waals surface area contributed by atoms with Crippen molar-refractivity contribution in [3.63, 3.8) is 0 Å². The molecular formula is C20H26F4N4O5. The number of carbonyl (C=O) groups is 2. The summed E-state index contributed by atoms with van der Waals surface area (Å²) in [5, 5.41) is 21.8. The number of aliphatic hydroxyl groups excluding tert-OH is 1. The van der Waals surface area contributed by atoms with Crippen molar-refractivity contribution in [3.05, 3.63) is 24.0 Å². The third-order valence-corrected chi connectivity index (χ3v) is 5.60. The summed E-state index contributed by atoms with van der Waals surface area (Å²) in [6, 6.07) is 2.69. The fourth-order valence-electron chi connectivity index (χ4n) is 3.71. The Labute approximate surface area is 187 Å². The summed E-state index contributed by atoms with van der Waals surface area (Å²) in [7, 11) is 0. The number of hydrogen-bond donors (Lipinski definition) is 3. The highest BCUT2D eigenvalue weighted by Crippen LogP contribution is 2.31. The molecule has 1 aromatic rings. The van der Waals surface area contributed by atoms with E-state index in [0.717, 1.165) is 24.0 Å². The standard InChI is InChI=1S/C20H26F4N4O5/c1-19(32)16(29)25-18(31)28(17(19)30)6-2-5-26-7-9-27(10-8-26)14-4-3-13(21)11-15(14)33-12-20(22,23)24/h3-4,11,16,29,32H,2,5-10,12H2,1H3,(H,25,31)/t16-,19-/m1/s1. The van der Waals surface area contributed by atoms with Gasteiger partial charge in [0.15, 0.2) is 18.4 Å². The summed E-state index contributed by atoms with van der Waals surface area (Å²) in [6.07, 6.45) is -5.80. The number of aliphatic hydroxyl groups is 2. The summed E-state index contributed by atoms with van der Waals surface area (Å²) in [4.78, 5) is 28.9. The van der Waals surface area contributed by atoms with Gasteiger partial charge in [0.25, 0.3) is 5.91 Å². The number of benzene rings is 1. The second kappa shape index (κ2) is 9.69. The molecule has 0 aliphatic carbocycles. The van der Waals surface area contributed by atoms with E-state index in [4.69, 9.17) is 4.74 Å². The van der Waals surface area contributed by atoms with Gasteiger partial charge in [-0.3, -0.25) is 14.6 Å². The van der Waals surface area contributed by atoms with Crippen molar-refractivity contribution in [2.45, 2.75) is 31.3 Å². The van der Waals surface area contributed by atoms with Crippen LogP contribution in [0.2, 0.25) is 0 Å². The monoisotopic (exact) mass is 478 g/mol. The number of alkyl halides is 3. The molecule has 3 amide bonds. The number of nitrogens with one attached hydrogen (secondary N) is 1. The topological polar surface area (TPSA) is 106 Å². The van der Waals surface area contributed by atoms with Gasteiger partial charge in [0, 0.05) is 38.8 Å². The number of ether oxygens (including phenoxy) is 1. The lowest BCUT2D eigenvalue weighted by molar-refractivity contribution is -0.165. The molecule has 2 fully saturated rings. The third kappa shape index (κ3) is 6.03. The van der Waals surface area contributed by atoms with Crippen molar-refractivity contribution in [2.75, 3.05) is 50.8 Å². The van der Waals surface area contributed by atoms with Gasteiger partial charge >= 0.3 is 12.2 Å². The molecule has 0 radical (unpaired) electrons. The Morgan fingerprint density at radius 1 is 1.18 bits per heavy atom. The van der Waals surface area contributed by atoms with E-state index in [-0.39, 0.29) is 12.3 Å². The first kappa shape index (κ1) is 25.0. The van der Waals surface area contributed by atoms with Crippen molar-refractivity contribution >= 4 is 17.6 Å². The zero-order valence-corrected chi connectivity index (χ0v) is 17.9. The first-order valence-corrected chi connectivity index (χ1v) is 10.4. The van der Waals surface area contributed by atoms with Crippen molar-refractivity contribution in [2.24, 2.45) is 0 Å². The number of carbonyl (C=O) groups excluding carboxylic acids is 2. The first-order valence-electron chi connectivity index (χ1n) is 10.4. The number of piperazine rings is 1. The molecule has 2 aliphatic rings. The molecule has 3 rings (SSSR count). The van der Waals surface area contributed by atoms with Crippen LogP contribution in [0.25, 0.3) is 0 Å². The number of hydrogen-bond acceptors (Lipinski definition) is 7. The minimum absolute atomic E-state index is 0.0428. The molecule has 0 spiro atoms. The highest BCUT2D eigenvalue weighted by Gasteiger charge is 2.48. The predicted octanol–water partition coefficient (Wildman–Crippen LogP) is 0.900. The van der Waals surface area contributed by atoms with Gasteiger partial charge in [-0.2, -0.15) is 13.2 Å². The number of urea groups is 1. The highest BCUT2D eigenvalue weighted by molar-refractivity contribution is 6.01. The molecular weight excluding hydrogens is 452 g/mol. The van der Waals surface area contributed by atoms with Crippen LogP contribution in [0.5, 0.6) is 5.75 Å². The van der Waals surface area contributed by atoms with Gasteiger partial charge in [-0.25, -0.2) is 9.18 Å². The van der Waals surface area contributed by atoms with Crippen LogP contribution in [0.4, 0.5) is 28.0 Å². The van der Waals surface area contributed by atoms with Gasteiger partial charge in [0.05, 0.1) is 5.69 Å². The summed E-state index contributed by atoms with van der Waals surface area (Å²) >= 11 is 0. The Balaban J connectivity index is 1.51. The second-order valence-corrected chi connectivity index (χ2v) is 8.15. The molecule has 2 atom stereocenters. The molecule has 0 bridgehead atoms. The van der Waals surface area contributed by atoms with Crippen LogP contribution in [-0.2, 0) is 4.79 Å². The quantitative estimate of drug-likeness (QED) is 0.500. The zero-order valence-electron chi connectivity index (χ0n) is 17.9. The molecule has 0 unspecified atom stereocenters. The van der Waals surface area contributed by atoms with E-state index >= 15 is 0 Å². The van der Waals surface area contributed by atoms with Crippen LogP contribution in [0.15, 0.2) is 18.2 Å². The number of imide groups is 1. The molecule has 9 nitrogen and oxygen atoms in total. The van der Waals surface area contributed by atoms with Crippen LogP contribution in [0.1, 0.15) is 13.3 Å². The molecule has 0 saturated carbocycles. The largest absolute Gasteiger partial charge is 0.482 e.